The number of pyridine rings is 1. The molecule has 0 bridgehead atoms. The van der Waals surface area contributed by atoms with Gasteiger partial charge in [-0.05, 0) is 13.0 Å². The van der Waals surface area contributed by atoms with Crippen LogP contribution in [0.4, 0.5) is 38.0 Å². The van der Waals surface area contributed by atoms with E-state index in [0.717, 1.165) is 16.9 Å². The first-order valence-electron chi connectivity index (χ1n) is 10.4. The zero-order valence-electron chi connectivity index (χ0n) is 18.4. The van der Waals surface area contributed by atoms with Crippen LogP contribution in [0.3, 0.4) is 0 Å². The highest BCUT2D eigenvalue weighted by Crippen LogP contribution is 2.49. The van der Waals surface area contributed by atoms with Crippen molar-refractivity contribution in [2.75, 3.05) is 17.7 Å². The lowest BCUT2D eigenvalue weighted by Crippen LogP contribution is -2.50. The Labute approximate surface area is 197 Å². The van der Waals surface area contributed by atoms with Crippen molar-refractivity contribution < 1.29 is 40.7 Å². The molecule has 3 aromatic heterocycles. The standard InChI is InChI=1S/C20H15F6N7O3/c1-7-16(34)30-12-10-13(31-17(35)19(7,10)36-2)29-14(28-12)11-9-5-8(21)6-27-15(9)33(32-11)4-3-18(22,23)20(24,25)26/h5-7H,3-4H2,1-2H3,(H2,28,29,30,31,34,35)/t7-,19+/m0/s1. The van der Waals surface area contributed by atoms with E-state index in [-0.39, 0.29) is 39.8 Å². The van der Waals surface area contributed by atoms with Gasteiger partial charge in [0.05, 0.1) is 23.1 Å². The van der Waals surface area contributed by atoms with Gasteiger partial charge in [0.1, 0.15) is 23.1 Å². The highest BCUT2D eigenvalue weighted by Gasteiger charge is 2.59. The molecule has 0 radical (unpaired) electrons. The number of ether oxygens (including phenoxy) is 1. The fourth-order valence-corrected chi connectivity index (χ4v) is 4.35. The van der Waals surface area contributed by atoms with Crippen molar-refractivity contribution >= 4 is 34.5 Å². The number of aromatic nitrogens is 5. The van der Waals surface area contributed by atoms with Crippen LogP contribution in [-0.4, -0.2) is 55.8 Å². The molecule has 0 fully saturated rings. The van der Waals surface area contributed by atoms with Crippen LogP contribution in [0.1, 0.15) is 18.9 Å². The third-order valence-electron chi connectivity index (χ3n) is 6.23. The Balaban J connectivity index is 1.64. The van der Waals surface area contributed by atoms with E-state index in [1.54, 1.807) is 0 Å². The van der Waals surface area contributed by atoms with Gasteiger partial charge >= 0.3 is 12.1 Å². The molecule has 16 heteroatoms. The number of nitrogens with one attached hydrogen (secondary N) is 2. The summed E-state index contributed by atoms with van der Waals surface area (Å²) in [4.78, 5) is 37.6. The van der Waals surface area contributed by atoms with Gasteiger partial charge in [0.25, 0.3) is 5.91 Å². The minimum Gasteiger partial charge on any atom is -0.363 e. The zero-order chi connectivity index (χ0) is 26.2. The number of methoxy groups -OCH3 is 1. The lowest BCUT2D eigenvalue weighted by Gasteiger charge is -2.35. The molecule has 36 heavy (non-hydrogen) atoms. The summed E-state index contributed by atoms with van der Waals surface area (Å²) in [5.41, 5.74) is -1.97. The molecule has 190 valence electrons. The molecule has 0 aromatic carbocycles. The number of hydrogen-bond acceptors (Lipinski definition) is 7. The van der Waals surface area contributed by atoms with Crippen LogP contribution in [0.2, 0.25) is 0 Å². The van der Waals surface area contributed by atoms with Gasteiger partial charge in [0.2, 0.25) is 5.91 Å². The van der Waals surface area contributed by atoms with Crippen LogP contribution in [-0.2, 0) is 26.5 Å². The average molecular weight is 515 g/mol. The molecule has 3 aromatic rings. The van der Waals surface area contributed by atoms with E-state index < -0.39 is 54.2 Å². The summed E-state index contributed by atoms with van der Waals surface area (Å²) in [6, 6.07) is 0.934. The number of nitrogens with zero attached hydrogens (tertiary/aromatic N) is 5. The Morgan fingerprint density at radius 1 is 1.14 bits per heavy atom. The first-order chi connectivity index (χ1) is 16.8. The lowest BCUT2D eigenvalue weighted by atomic mass is 9.80. The lowest BCUT2D eigenvalue weighted by molar-refractivity contribution is -0.285. The molecule has 10 nitrogen and oxygen atoms in total. The van der Waals surface area contributed by atoms with Gasteiger partial charge in [-0.2, -0.15) is 27.1 Å². The van der Waals surface area contributed by atoms with Gasteiger partial charge in [-0.3, -0.25) is 9.59 Å². The van der Waals surface area contributed by atoms with Crippen molar-refractivity contribution in [1.82, 2.24) is 24.7 Å². The first kappa shape index (κ1) is 23.9. The van der Waals surface area contributed by atoms with Crippen molar-refractivity contribution in [3.05, 3.63) is 23.6 Å². The van der Waals surface area contributed by atoms with E-state index in [1.807, 2.05) is 0 Å². The van der Waals surface area contributed by atoms with E-state index in [2.05, 4.69) is 30.7 Å². The van der Waals surface area contributed by atoms with Gasteiger partial charge < -0.3 is 15.4 Å². The van der Waals surface area contributed by atoms with E-state index in [0.29, 0.717) is 0 Å². The second-order valence-corrected chi connectivity index (χ2v) is 8.27. The second-order valence-electron chi connectivity index (χ2n) is 8.27. The first-order valence-corrected chi connectivity index (χ1v) is 10.4. The zero-order valence-corrected chi connectivity index (χ0v) is 18.4. The molecule has 2 aliphatic rings. The molecule has 2 amide bonds. The molecule has 2 aliphatic heterocycles. The minimum absolute atomic E-state index is 0.0376. The molecule has 2 N–H and O–H groups in total. The van der Waals surface area contributed by atoms with Crippen LogP contribution in [0, 0.1) is 11.7 Å². The molecule has 0 saturated heterocycles. The van der Waals surface area contributed by atoms with E-state index in [9.17, 15) is 35.9 Å². The molecule has 2 atom stereocenters. The Morgan fingerprint density at radius 3 is 2.44 bits per heavy atom. The topological polar surface area (TPSA) is 124 Å². The monoisotopic (exact) mass is 515 g/mol. The minimum atomic E-state index is -5.77. The maximum absolute atomic E-state index is 14.0. The summed E-state index contributed by atoms with van der Waals surface area (Å²) in [5, 5.41) is 8.96. The molecule has 0 unspecified atom stereocenters. The van der Waals surface area contributed by atoms with Crippen LogP contribution < -0.4 is 10.6 Å². The predicted molar refractivity (Wildman–Crippen MR) is 109 cm³/mol. The number of aryl methyl sites for hydroxylation is 1. The SMILES string of the molecule is CO[C@@]12C(=O)Nc3nc(-c4nn(CCC(F)(F)C(F)(F)F)c5ncc(F)cc45)nc(c31)NC(=O)[C@@H]2C. The predicted octanol–water partition coefficient (Wildman–Crippen LogP) is 3.00. The molecular weight excluding hydrogens is 500 g/mol. The summed E-state index contributed by atoms with van der Waals surface area (Å²) in [6.07, 6.45) is -6.68. The number of amides is 2. The number of halogens is 6. The fraction of sp³-hybridized carbons (Fsp3) is 0.400. The molecule has 5 heterocycles. The Morgan fingerprint density at radius 2 is 1.81 bits per heavy atom. The normalized spacial score (nSPS) is 21.5. The van der Waals surface area contributed by atoms with Crippen molar-refractivity contribution in [1.29, 1.82) is 0 Å². The third kappa shape index (κ3) is 3.23. The maximum Gasteiger partial charge on any atom is 0.453 e. The highest BCUT2D eigenvalue weighted by molar-refractivity contribution is 6.13. The van der Waals surface area contributed by atoms with Crippen LogP contribution >= 0.6 is 0 Å². The summed E-state index contributed by atoms with van der Waals surface area (Å²) in [6.45, 7) is 0.557. The van der Waals surface area contributed by atoms with Gasteiger partial charge in [-0.1, -0.05) is 0 Å². The highest BCUT2D eigenvalue weighted by atomic mass is 19.4. The quantitative estimate of drug-likeness (QED) is 0.501. The fourth-order valence-electron chi connectivity index (χ4n) is 4.35. The van der Waals surface area contributed by atoms with Crippen molar-refractivity contribution in [3.8, 4) is 11.5 Å². The number of alkyl halides is 5. The van der Waals surface area contributed by atoms with Crippen molar-refractivity contribution in [2.45, 2.75) is 37.6 Å². The molecule has 0 aliphatic carbocycles. The smallest absolute Gasteiger partial charge is 0.363 e. The summed E-state index contributed by atoms with van der Waals surface area (Å²) >= 11 is 0. The Bertz CT molecular complexity index is 1440. The number of rotatable bonds is 5. The van der Waals surface area contributed by atoms with Gasteiger partial charge in [-0.25, -0.2) is 24.0 Å². The summed E-state index contributed by atoms with van der Waals surface area (Å²) < 4.78 is 85.1. The number of hydrogen-bond donors (Lipinski definition) is 2. The van der Waals surface area contributed by atoms with Gasteiger partial charge in [-0.15, -0.1) is 0 Å². The molecule has 5 rings (SSSR count). The van der Waals surface area contributed by atoms with E-state index in [1.165, 1.54) is 14.0 Å². The largest absolute Gasteiger partial charge is 0.453 e. The molecular formula is C20H15F6N7O3. The molecule has 0 spiro atoms. The van der Waals surface area contributed by atoms with E-state index in [4.69, 9.17) is 4.74 Å². The third-order valence-corrected chi connectivity index (χ3v) is 6.23. The van der Waals surface area contributed by atoms with Crippen molar-refractivity contribution in [3.63, 3.8) is 0 Å². The summed E-state index contributed by atoms with van der Waals surface area (Å²) in [5.74, 6) is -8.47. The number of carbonyl (C=O) groups excluding carboxylic acids is 2. The average Bonchev–Trinajstić information content (AvgIpc) is 3.30. The van der Waals surface area contributed by atoms with Crippen LogP contribution in [0.5, 0.6) is 0 Å². The van der Waals surface area contributed by atoms with E-state index >= 15 is 0 Å². The van der Waals surface area contributed by atoms with Crippen LogP contribution in [0.15, 0.2) is 12.3 Å². The second kappa shape index (κ2) is 7.59. The number of fused-ring (bicyclic) bond motifs is 1. The summed E-state index contributed by atoms with van der Waals surface area (Å²) in [7, 11) is 1.24. The molecule has 0 saturated carbocycles. The maximum atomic E-state index is 14.0. The Hall–Kier alpha value is -3.82. The van der Waals surface area contributed by atoms with Gasteiger partial charge in [0, 0.05) is 20.1 Å². The number of carbonyl (C=O) groups is 2. The van der Waals surface area contributed by atoms with Gasteiger partial charge in [0.15, 0.2) is 17.1 Å². The van der Waals surface area contributed by atoms with Crippen molar-refractivity contribution in [2.24, 2.45) is 5.92 Å². The number of anilines is 2. The van der Waals surface area contributed by atoms with Crippen LogP contribution in [0.25, 0.3) is 22.6 Å². The Kier molecular flexibility index (Phi) is 5.04.